The van der Waals surface area contributed by atoms with Crippen molar-refractivity contribution in [1.82, 2.24) is 0 Å². The Morgan fingerprint density at radius 1 is 1.29 bits per heavy atom. The van der Waals surface area contributed by atoms with Gasteiger partial charge in [-0.25, -0.2) is 0 Å². The molecule has 0 saturated carbocycles. The highest BCUT2D eigenvalue weighted by atomic mass is 35.5. The van der Waals surface area contributed by atoms with Crippen LogP contribution in [0.15, 0.2) is 18.2 Å². The van der Waals surface area contributed by atoms with Crippen LogP contribution in [0.2, 0.25) is 0 Å². The number of alkyl halides is 1. The standard InChI is InChI=1S/C11H15ClO2/c1-8-3-9(2)5-11(4-8)14-7-10(13)6-12/h3-5,10,13H,6-7H2,1-2H3. The van der Waals surface area contributed by atoms with Gasteiger partial charge in [0.2, 0.25) is 0 Å². The van der Waals surface area contributed by atoms with Gasteiger partial charge in [-0.1, -0.05) is 6.07 Å². The predicted octanol–water partition coefficient (Wildman–Crippen LogP) is 2.28. The molecule has 78 valence electrons. The van der Waals surface area contributed by atoms with Gasteiger partial charge in [0.25, 0.3) is 0 Å². The number of benzene rings is 1. The van der Waals surface area contributed by atoms with Crippen molar-refractivity contribution in [3.63, 3.8) is 0 Å². The highest BCUT2D eigenvalue weighted by Gasteiger charge is 2.03. The number of aryl methyl sites for hydroxylation is 2. The summed E-state index contributed by atoms with van der Waals surface area (Å²) >= 11 is 5.45. The van der Waals surface area contributed by atoms with Crippen LogP contribution in [0.25, 0.3) is 0 Å². The Morgan fingerprint density at radius 3 is 2.36 bits per heavy atom. The van der Waals surface area contributed by atoms with E-state index in [-0.39, 0.29) is 12.5 Å². The summed E-state index contributed by atoms with van der Waals surface area (Å²) in [6.07, 6.45) is -0.600. The molecule has 0 saturated heterocycles. The maximum Gasteiger partial charge on any atom is 0.119 e. The van der Waals surface area contributed by atoms with Gasteiger partial charge in [-0.15, -0.1) is 11.6 Å². The van der Waals surface area contributed by atoms with Gasteiger partial charge in [0.1, 0.15) is 18.5 Å². The summed E-state index contributed by atoms with van der Waals surface area (Å²) in [4.78, 5) is 0. The van der Waals surface area contributed by atoms with Gasteiger partial charge in [0.15, 0.2) is 0 Å². The molecule has 0 heterocycles. The zero-order valence-corrected chi connectivity index (χ0v) is 9.21. The first-order chi connectivity index (χ1) is 6.61. The van der Waals surface area contributed by atoms with E-state index in [0.717, 1.165) is 16.9 Å². The van der Waals surface area contributed by atoms with E-state index in [1.807, 2.05) is 26.0 Å². The fourth-order valence-corrected chi connectivity index (χ4v) is 1.34. The Kier molecular flexibility index (Phi) is 4.23. The molecular weight excluding hydrogens is 200 g/mol. The Hall–Kier alpha value is -0.730. The van der Waals surface area contributed by atoms with Crippen molar-refractivity contribution in [2.45, 2.75) is 20.0 Å². The minimum absolute atomic E-state index is 0.199. The van der Waals surface area contributed by atoms with Crippen LogP contribution in [-0.4, -0.2) is 23.7 Å². The molecular formula is C11H15ClO2. The SMILES string of the molecule is Cc1cc(C)cc(OCC(O)CCl)c1. The molecule has 0 aliphatic carbocycles. The summed E-state index contributed by atoms with van der Waals surface area (Å²) in [5.41, 5.74) is 2.31. The average Bonchev–Trinajstić information content (AvgIpc) is 2.12. The second-order valence-corrected chi connectivity index (χ2v) is 3.75. The van der Waals surface area contributed by atoms with Crippen LogP contribution in [0, 0.1) is 13.8 Å². The van der Waals surface area contributed by atoms with Crippen molar-refractivity contribution in [2.24, 2.45) is 0 Å². The number of aliphatic hydroxyl groups excluding tert-OH is 1. The van der Waals surface area contributed by atoms with Crippen LogP contribution >= 0.6 is 11.6 Å². The van der Waals surface area contributed by atoms with Crippen LogP contribution in [0.4, 0.5) is 0 Å². The first-order valence-electron chi connectivity index (χ1n) is 4.57. The van der Waals surface area contributed by atoms with Crippen LogP contribution in [0.5, 0.6) is 5.75 Å². The largest absolute Gasteiger partial charge is 0.491 e. The second kappa shape index (κ2) is 5.23. The summed E-state index contributed by atoms with van der Waals surface area (Å²) in [6, 6.07) is 5.95. The van der Waals surface area contributed by atoms with E-state index < -0.39 is 6.10 Å². The first kappa shape index (κ1) is 11.3. The lowest BCUT2D eigenvalue weighted by atomic mass is 10.1. The van der Waals surface area contributed by atoms with Gasteiger partial charge in [-0.3, -0.25) is 0 Å². The van der Waals surface area contributed by atoms with E-state index in [0.29, 0.717) is 0 Å². The number of ether oxygens (including phenoxy) is 1. The third-order valence-electron chi connectivity index (χ3n) is 1.82. The van der Waals surface area contributed by atoms with E-state index in [1.165, 1.54) is 0 Å². The molecule has 2 nitrogen and oxygen atoms in total. The molecule has 1 rings (SSSR count). The van der Waals surface area contributed by atoms with Gasteiger partial charge in [0.05, 0.1) is 5.88 Å². The van der Waals surface area contributed by atoms with Crippen molar-refractivity contribution >= 4 is 11.6 Å². The summed E-state index contributed by atoms with van der Waals surface area (Å²) in [6.45, 7) is 4.27. The quantitative estimate of drug-likeness (QED) is 0.780. The maximum atomic E-state index is 9.20. The lowest BCUT2D eigenvalue weighted by Gasteiger charge is -2.10. The minimum Gasteiger partial charge on any atom is -0.491 e. The molecule has 0 fully saturated rings. The molecule has 1 aromatic rings. The summed E-state index contributed by atoms with van der Waals surface area (Å²) in [5, 5.41) is 9.20. The number of hydrogen-bond acceptors (Lipinski definition) is 2. The van der Waals surface area contributed by atoms with Gasteiger partial charge < -0.3 is 9.84 Å². The lowest BCUT2D eigenvalue weighted by Crippen LogP contribution is -2.18. The van der Waals surface area contributed by atoms with Gasteiger partial charge in [0, 0.05) is 0 Å². The third kappa shape index (κ3) is 3.56. The van der Waals surface area contributed by atoms with E-state index in [2.05, 4.69) is 6.07 Å². The topological polar surface area (TPSA) is 29.5 Å². The van der Waals surface area contributed by atoms with E-state index >= 15 is 0 Å². The van der Waals surface area contributed by atoms with Crippen molar-refractivity contribution in [1.29, 1.82) is 0 Å². The molecule has 0 amide bonds. The van der Waals surface area contributed by atoms with Gasteiger partial charge in [-0.2, -0.15) is 0 Å². The van der Waals surface area contributed by atoms with Crippen LogP contribution in [0.3, 0.4) is 0 Å². The molecule has 0 spiro atoms. The fourth-order valence-electron chi connectivity index (χ4n) is 1.25. The Balaban J connectivity index is 2.58. The summed E-state index contributed by atoms with van der Waals surface area (Å²) in [7, 11) is 0. The fraction of sp³-hybridized carbons (Fsp3) is 0.455. The van der Waals surface area contributed by atoms with Crippen molar-refractivity contribution in [3.8, 4) is 5.75 Å². The molecule has 14 heavy (non-hydrogen) atoms. The second-order valence-electron chi connectivity index (χ2n) is 3.44. The van der Waals surface area contributed by atoms with Crippen molar-refractivity contribution in [3.05, 3.63) is 29.3 Å². The molecule has 0 radical (unpaired) electrons. The highest BCUT2D eigenvalue weighted by Crippen LogP contribution is 2.16. The van der Waals surface area contributed by atoms with Crippen molar-refractivity contribution < 1.29 is 9.84 Å². The Bertz CT molecular complexity index is 279. The molecule has 1 atom stereocenters. The van der Waals surface area contributed by atoms with Crippen LogP contribution < -0.4 is 4.74 Å². The third-order valence-corrected chi connectivity index (χ3v) is 2.17. The lowest BCUT2D eigenvalue weighted by molar-refractivity contribution is 0.125. The molecule has 0 aliphatic rings. The number of aliphatic hydroxyl groups is 1. The van der Waals surface area contributed by atoms with Crippen molar-refractivity contribution in [2.75, 3.05) is 12.5 Å². The molecule has 3 heteroatoms. The smallest absolute Gasteiger partial charge is 0.119 e. The number of hydrogen-bond donors (Lipinski definition) is 1. The predicted molar refractivity (Wildman–Crippen MR) is 58.1 cm³/mol. The summed E-state index contributed by atoms with van der Waals surface area (Å²) in [5.74, 6) is 0.983. The van der Waals surface area contributed by atoms with E-state index in [1.54, 1.807) is 0 Å². The first-order valence-corrected chi connectivity index (χ1v) is 5.10. The zero-order valence-electron chi connectivity index (χ0n) is 8.46. The zero-order chi connectivity index (χ0) is 10.6. The number of rotatable bonds is 4. The normalized spacial score (nSPS) is 12.6. The van der Waals surface area contributed by atoms with E-state index in [9.17, 15) is 5.11 Å². The molecule has 1 N–H and O–H groups in total. The highest BCUT2D eigenvalue weighted by molar-refractivity contribution is 6.18. The molecule has 0 aliphatic heterocycles. The average molecular weight is 215 g/mol. The Morgan fingerprint density at radius 2 is 1.86 bits per heavy atom. The minimum atomic E-state index is -0.600. The van der Waals surface area contributed by atoms with Crippen LogP contribution in [-0.2, 0) is 0 Å². The van der Waals surface area contributed by atoms with Crippen LogP contribution in [0.1, 0.15) is 11.1 Å². The van der Waals surface area contributed by atoms with Gasteiger partial charge >= 0.3 is 0 Å². The monoisotopic (exact) mass is 214 g/mol. The molecule has 1 aromatic carbocycles. The molecule has 1 unspecified atom stereocenters. The number of halogens is 1. The molecule has 0 aromatic heterocycles. The Labute approximate surface area is 89.5 Å². The summed E-state index contributed by atoms with van der Waals surface area (Å²) < 4.78 is 5.39. The molecule has 0 bridgehead atoms. The van der Waals surface area contributed by atoms with E-state index in [4.69, 9.17) is 16.3 Å². The van der Waals surface area contributed by atoms with Gasteiger partial charge in [-0.05, 0) is 37.1 Å². The maximum absolute atomic E-state index is 9.20.